The first-order chi connectivity index (χ1) is 9.37. The summed E-state index contributed by atoms with van der Waals surface area (Å²) in [6.07, 6.45) is 0.468. The Morgan fingerprint density at radius 3 is 2.55 bits per heavy atom. The van der Waals surface area contributed by atoms with Crippen LogP contribution in [0.1, 0.15) is 32.8 Å². The van der Waals surface area contributed by atoms with Crippen LogP contribution in [0.3, 0.4) is 0 Å². The molecular formula is C16H21NO3. The predicted molar refractivity (Wildman–Crippen MR) is 76.2 cm³/mol. The summed E-state index contributed by atoms with van der Waals surface area (Å²) in [4.78, 5) is 25.4. The van der Waals surface area contributed by atoms with Gasteiger partial charge in [-0.2, -0.15) is 0 Å². The Hall–Kier alpha value is -1.84. The molecule has 1 aromatic rings. The highest BCUT2D eigenvalue weighted by molar-refractivity contribution is 5.93. The van der Waals surface area contributed by atoms with Crippen molar-refractivity contribution in [1.82, 2.24) is 4.90 Å². The number of benzene rings is 1. The van der Waals surface area contributed by atoms with Crippen LogP contribution in [-0.4, -0.2) is 29.5 Å². The van der Waals surface area contributed by atoms with Gasteiger partial charge >= 0.3 is 6.09 Å². The lowest BCUT2D eigenvalue weighted by molar-refractivity contribution is -0.131. The quantitative estimate of drug-likeness (QED) is 0.852. The van der Waals surface area contributed by atoms with Gasteiger partial charge in [-0.25, -0.2) is 9.69 Å². The summed E-state index contributed by atoms with van der Waals surface area (Å²) < 4.78 is 5.05. The van der Waals surface area contributed by atoms with E-state index in [4.69, 9.17) is 4.74 Å². The number of amides is 2. The van der Waals surface area contributed by atoms with E-state index >= 15 is 0 Å². The maximum absolute atomic E-state index is 12.3. The Labute approximate surface area is 119 Å². The molecule has 0 bridgehead atoms. The second kappa shape index (κ2) is 5.65. The van der Waals surface area contributed by atoms with Gasteiger partial charge in [0.15, 0.2) is 0 Å². The number of rotatable bonds is 3. The monoisotopic (exact) mass is 275 g/mol. The maximum Gasteiger partial charge on any atom is 0.416 e. The number of nitrogens with zero attached hydrogens (tertiary/aromatic N) is 1. The van der Waals surface area contributed by atoms with Crippen molar-refractivity contribution in [2.75, 3.05) is 6.61 Å². The van der Waals surface area contributed by atoms with Crippen LogP contribution in [0.4, 0.5) is 4.79 Å². The van der Waals surface area contributed by atoms with Gasteiger partial charge in [0.2, 0.25) is 5.91 Å². The molecule has 20 heavy (non-hydrogen) atoms. The molecule has 0 radical (unpaired) electrons. The summed E-state index contributed by atoms with van der Waals surface area (Å²) in [5.41, 5.74) is 0.960. The van der Waals surface area contributed by atoms with Crippen molar-refractivity contribution >= 4 is 12.0 Å². The number of cyclic esters (lactones) is 1. The highest BCUT2D eigenvalue weighted by Crippen LogP contribution is 2.24. The lowest BCUT2D eigenvalue weighted by atomic mass is 9.91. The van der Waals surface area contributed by atoms with Crippen LogP contribution in [0.25, 0.3) is 0 Å². The third kappa shape index (κ3) is 3.59. The number of carbonyl (C=O) groups is 2. The zero-order valence-corrected chi connectivity index (χ0v) is 12.3. The Bertz CT molecular complexity index is 490. The molecule has 0 saturated carbocycles. The van der Waals surface area contributed by atoms with Gasteiger partial charge in [-0.05, 0) is 17.4 Å². The maximum atomic E-state index is 12.3. The molecule has 4 heteroatoms. The normalized spacial score (nSPS) is 19.1. The summed E-state index contributed by atoms with van der Waals surface area (Å²) >= 11 is 0. The van der Waals surface area contributed by atoms with Crippen LogP contribution < -0.4 is 0 Å². The first-order valence-electron chi connectivity index (χ1n) is 6.89. The van der Waals surface area contributed by atoms with E-state index in [2.05, 4.69) is 0 Å². The summed E-state index contributed by atoms with van der Waals surface area (Å²) in [5, 5.41) is 0. The Kier molecular flexibility index (Phi) is 4.12. The third-order valence-corrected chi connectivity index (χ3v) is 3.23. The molecule has 1 fully saturated rings. The molecular weight excluding hydrogens is 254 g/mol. The smallest absolute Gasteiger partial charge is 0.416 e. The van der Waals surface area contributed by atoms with E-state index in [1.54, 1.807) is 0 Å². The van der Waals surface area contributed by atoms with E-state index < -0.39 is 6.09 Å². The minimum atomic E-state index is -0.514. The third-order valence-electron chi connectivity index (χ3n) is 3.23. The highest BCUT2D eigenvalue weighted by Gasteiger charge is 2.38. The molecule has 2 rings (SSSR count). The first kappa shape index (κ1) is 14.6. The molecule has 0 aromatic heterocycles. The van der Waals surface area contributed by atoms with E-state index in [9.17, 15) is 9.59 Å². The molecule has 1 aromatic carbocycles. The van der Waals surface area contributed by atoms with Gasteiger partial charge in [-0.15, -0.1) is 0 Å². The van der Waals surface area contributed by atoms with Gasteiger partial charge in [0.25, 0.3) is 0 Å². The molecule has 108 valence electrons. The summed E-state index contributed by atoms with van der Waals surface area (Å²) in [6.45, 7) is 6.24. The van der Waals surface area contributed by atoms with Gasteiger partial charge in [-0.1, -0.05) is 51.1 Å². The second-order valence-corrected chi connectivity index (χ2v) is 6.42. The molecule has 1 unspecified atom stereocenters. The number of hydrogen-bond acceptors (Lipinski definition) is 3. The van der Waals surface area contributed by atoms with Crippen molar-refractivity contribution < 1.29 is 14.3 Å². The predicted octanol–water partition coefficient (Wildman–Crippen LogP) is 3.01. The van der Waals surface area contributed by atoms with Gasteiger partial charge < -0.3 is 4.74 Å². The van der Waals surface area contributed by atoms with E-state index in [0.717, 1.165) is 5.56 Å². The van der Waals surface area contributed by atoms with E-state index in [1.165, 1.54) is 4.90 Å². The molecule has 1 aliphatic rings. The SMILES string of the molecule is CC(C)(C)CC(=O)N1C(=O)OCC1Cc1ccccc1. The Balaban J connectivity index is 2.09. The van der Waals surface area contributed by atoms with Crippen molar-refractivity contribution in [1.29, 1.82) is 0 Å². The second-order valence-electron chi connectivity index (χ2n) is 6.42. The standard InChI is InChI=1S/C16H21NO3/c1-16(2,3)10-14(18)17-13(11-20-15(17)19)9-12-7-5-4-6-8-12/h4-8,13H,9-11H2,1-3H3. The van der Waals surface area contributed by atoms with Gasteiger partial charge in [0.1, 0.15) is 6.61 Å². The molecule has 0 spiro atoms. The zero-order valence-electron chi connectivity index (χ0n) is 12.3. The van der Waals surface area contributed by atoms with Crippen LogP contribution in [0.5, 0.6) is 0 Å². The Morgan fingerprint density at radius 1 is 1.30 bits per heavy atom. The summed E-state index contributed by atoms with van der Waals surface area (Å²) in [5.74, 6) is -0.152. The molecule has 0 aliphatic carbocycles. The van der Waals surface area contributed by atoms with Gasteiger partial charge in [0, 0.05) is 6.42 Å². The molecule has 1 atom stereocenters. The van der Waals surface area contributed by atoms with E-state index in [1.807, 2.05) is 51.1 Å². The van der Waals surface area contributed by atoms with Gasteiger partial charge in [0.05, 0.1) is 6.04 Å². The largest absolute Gasteiger partial charge is 0.447 e. The number of carbonyl (C=O) groups excluding carboxylic acids is 2. The number of hydrogen-bond donors (Lipinski definition) is 0. The fraction of sp³-hybridized carbons (Fsp3) is 0.500. The molecule has 1 saturated heterocycles. The topological polar surface area (TPSA) is 46.6 Å². The first-order valence-corrected chi connectivity index (χ1v) is 6.89. The minimum Gasteiger partial charge on any atom is -0.447 e. The molecule has 1 heterocycles. The van der Waals surface area contributed by atoms with Crippen LogP contribution >= 0.6 is 0 Å². The van der Waals surface area contributed by atoms with Crippen LogP contribution in [0.15, 0.2) is 30.3 Å². The van der Waals surface area contributed by atoms with Crippen LogP contribution in [-0.2, 0) is 16.0 Å². The van der Waals surface area contributed by atoms with Crippen molar-refractivity contribution in [2.45, 2.75) is 39.7 Å². The lowest BCUT2D eigenvalue weighted by Gasteiger charge is -2.24. The lowest BCUT2D eigenvalue weighted by Crippen LogP contribution is -2.41. The average molecular weight is 275 g/mol. The molecule has 0 N–H and O–H groups in total. The molecule has 2 amide bonds. The molecule has 1 aliphatic heterocycles. The van der Waals surface area contributed by atoms with Crippen molar-refractivity contribution in [2.24, 2.45) is 5.41 Å². The number of ether oxygens (including phenoxy) is 1. The Morgan fingerprint density at radius 2 is 1.95 bits per heavy atom. The summed E-state index contributed by atoms with van der Waals surface area (Å²) in [6, 6.07) is 9.65. The van der Waals surface area contributed by atoms with E-state index in [-0.39, 0.29) is 24.0 Å². The average Bonchev–Trinajstić information content (AvgIpc) is 2.69. The zero-order chi connectivity index (χ0) is 14.8. The highest BCUT2D eigenvalue weighted by atomic mass is 16.6. The van der Waals surface area contributed by atoms with Gasteiger partial charge in [-0.3, -0.25) is 4.79 Å². The minimum absolute atomic E-state index is 0.142. The van der Waals surface area contributed by atoms with Crippen LogP contribution in [0, 0.1) is 5.41 Å². The fourth-order valence-corrected chi connectivity index (χ4v) is 2.34. The molecule has 4 nitrogen and oxygen atoms in total. The summed E-state index contributed by atoms with van der Waals surface area (Å²) in [7, 11) is 0. The van der Waals surface area contributed by atoms with Crippen molar-refractivity contribution in [3.63, 3.8) is 0 Å². The van der Waals surface area contributed by atoms with Crippen molar-refractivity contribution in [3.05, 3.63) is 35.9 Å². The van der Waals surface area contributed by atoms with E-state index in [0.29, 0.717) is 12.8 Å². The van der Waals surface area contributed by atoms with Crippen molar-refractivity contribution in [3.8, 4) is 0 Å². The van der Waals surface area contributed by atoms with Crippen LogP contribution in [0.2, 0.25) is 0 Å². The number of imide groups is 1. The fourth-order valence-electron chi connectivity index (χ4n) is 2.34.